The summed E-state index contributed by atoms with van der Waals surface area (Å²) in [5.74, 6) is -7.56. The molecule has 0 aromatic heterocycles. The molecule has 2 aromatic rings. The molecule has 18 heteroatoms. The highest BCUT2D eigenvalue weighted by Gasteiger charge is 2.50. The molecule has 7 aliphatic rings. The van der Waals surface area contributed by atoms with Crippen molar-refractivity contribution >= 4 is 40.0 Å². The number of Topliss-reactive ketones (excluding diaryl/α,β-unsaturated/α-hetero) is 1. The number of piperazine rings is 1. The quantitative estimate of drug-likeness (QED) is 0.153. The second-order valence-electron chi connectivity index (χ2n) is 21.7. The predicted octanol–water partition coefficient (Wildman–Crippen LogP) is 4.43. The number of aromatic hydroxyl groups is 2. The number of aliphatic hydroxyl groups is 2. The van der Waals surface area contributed by atoms with Gasteiger partial charge in [0, 0.05) is 112 Å². The number of phenolic OH excluding ortho intramolecular Hbond substituents is 2. The first-order chi connectivity index (χ1) is 34.1. The van der Waals surface area contributed by atoms with Crippen molar-refractivity contribution in [2.45, 2.75) is 136 Å². The van der Waals surface area contributed by atoms with Gasteiger partial charge in [0.25, 0.3) is 11.7 Å². The highest BCUT2D eigenvalue weighted by atomic mass is 16.7. The minimum Gasteiger partial charge on any atom is -0.507 e. The summed E-state index contributed by atoms with van der Waals surface area (Å²) in [6, 6.07) is 0.268. The lowest BCUT2D eigenvalue weighted by Gasteiger charge is -2.39. The molecule has 1 spiro atoms. The molecule has 1 unspecified atom stereocenters. The van der Waals surface area contributed by atoms with Crippen molar-refractivity contribution in [3.63, 3.8) is 0 Å². The van der Waals surface area contributed by atoms with E-state index in [1.807, 2.05) is 0 Å². The Bertz CT molecular complexity index is 2690. The van der Waals surface area contributed by atoms with Crippen LogP contribution in [0.4, 0.5) is 5.69 Å². The largest absolute Gasteiger partial charge is 0.507 e. The van der Waals surface area contributed by atoms with E-state index in [9.17, 15) is 39.6 Å². The van der Waals surface area contributed by atoms with Gasteiger partial charge in [0.1, 0.15) is 35.1 Å². The summed E-state index contributed by atoms with van der Waals surface area (Å²) in [5, 5.41) is 51.0. The monoisotopic (exact) mass is 999 g/mol. The van der Waals surface area contributed by atoms with Gasteiger partial charge in [0.2, 0.25) is 5.91 Å². The Balaban J connectivity index is 1.18. The number of likely N-dealkylation sites (tertiary alicyclic amines) is 1. The number of hydrogen-bond acceptors (Lipinski definition) is 16. The summed E-state index contributed by atoms with van der Waals surface area (Å²) in [7, 11) is 1.45. The third kappa shape index (κ3) is 10.0. The first-order valence-corrected chi connectivity index (χ1v) is 25.7. The standard InChI is InChI=1S/C54H74N6O12/c1-28(2)26-58-20-17-54(18-21-58)56-42-39-40-47(65)34(8)50-41(39)51(67)53(9,72-50)70-24-16-36(69-10)31(5)49(71-38(62)25-37(61)60-23-22-59-19-12-15-35(59)27-60)33(7)46(64)32(6)45(63)29(3)13-11-14-30(4)52(68)55-44(48(40)66)43(42)57-54/h11,13-14,16,24,28-29,31-33,35-36,45-46,49,63-66H,12,15,17-23,25-27H2,1-10H3,(H,55,68)/b13-11+,24-16+,30-14-/t29-,31+,32+,33+,35?,36-,45-,46+,49+,53-/m0/s1. The van der Waals surface area contributed by atoms with Gasteiger partial charge in [0.05, 0.1) is 40.9 Å². The highest BCUT2D eigenvalue weighted by Crippen LogP contribution is 2.50. The van der Waals surface area contributed by atoms with Crippen molar-refractivity contribution in [3.8, 4) is 17.2 Å². The summed E-state index contributed by atoms with van der Waals surface area (Å²) in [4.78, 5) is 73.2. The van der Waals surface area contributed by atoms with Gasteiger partial charge in [0.15, 0.2) is 11.4 Å². The number of carbonyl (C=O) groups is 4. The van der Waals surface area contributed by atoms with Crippen LogP contribution in [0.5, 0.6) is 17.2 Å². The van der Waals surface area contributed by atoms with Crippen LogP contribution in [0.1, 0.15) is 103 Å². The Hall–Kier alpha value is -5.40. The Morgan fingerprint density at radius 2 is 1.62 bits per heavy atom. The fraction of sp³-hybridized carbons (Fsp3) is 0.630. The maximum Gasteiger partial charge on any atom is 0.315 e. The van der Waals surface area contributed by atoms with Crippen LogP contribution >= 0.6 is 0 Å². The Labute approximate surface area is 421 Å². The number of allylic oxidation sites excluding steroid dienone is 2. The Kier molecular flexibility index (Phi) is 15.3. The molecule has 5 bridgehead atoms. The predicted molar refractivity (Wildman–Crippen MR) is 268 cm³/mol. The fourth-order valence-electron chi connectivity index (χ4n) is 11.7. The number of benzene rings is 2. The molecule has 7 heterocycles. The van der Waals surface area contributed by atoms with Crippen LogP contribution in [0.15, 0.2) is 46.1 Å². The number of phenols is 2. The number of carbonyl (C=O) groups excluding carboxylic acids is 4. The lowest BCUT2D eigenvalue weighted by atomic mass is 9.78. The molecule has 392 valence electrons. The second-order valence-corrected chi connectivity index (χ2v) is 21.7. The van der Waals surface area contributed by atoms with Crippen LogP contribution in [0, 0.1) is 36.5 Å². The first kappa shape index (κ1) is 52.9. The lowest BCUT2D eigenvalue weighted by molar-refractivity contribution is -0.165. The van der Waals surface area contributed by atoms with E-state index in [0.29, 0.717) is 44.9 Å². The van der Waals surface area contributed by atoms with Crippen molar-refractivity contribution < 1.29 is 58.6 Å². The molecule has 3 saturated heterocycles. The molecule has 5 N–H and O–H groups in total. The summed E-state index contributed by atoms with van der Waals surface area (Å²) in [6.07, 6.45) is 6.06. The van der Waals surface area contributed by atoms with Gasteiger partial charge < -0.3 is 54.5 Å². The number of amides is 2. The van der Waals surface area contributed by atoms with Crippen LogP contribution in [0.2, 0.25) is 0 Å². The van der Waals surface area contributed by atoms with Gasteiger partial charge in [-0.1, -0.05) is 59.8 Å². The van der Waals surface area contributed by atoms with E-state index in [4.69, 9.17) is 28.9 Å². The number of ketones is 1. The van der Waals surface area contributed by atoms with Crippen LogP contribution < -0.4 is 20.8 Å². The number of ether oxygens (including phenoxy) is 4. The zero-order chi connectivity index (χ0) is 52.1. The van der Waals surface area contributed by atoms with E-state index < -0.39 is 89.4 Å². The molecular formula is C54H74N6O12. The van der Waals surface area contributed by atoms with E-state index in [2.05, 4.69) is 29.0 Å². The average Bonchev–Trinajstić information content (AvgIpc) is 4.05. The normalized spacial score (nSPS) is 32.8. The topological polar surface area (TPSA) is 233 Å². The molecule has 2 aromatic carbocycles. The number of esters is 1. The number of fused-ring (bicyclic) bond motifs is 14. The Morgan fingerprint density at radius 1 is 0.917 bits per heavy atom. The minimum atomic E-state index is -2.01. The molecule has 7 aliphatic heterocycles. The van der Waals surface area contributed by atoms with Crippen LogP contribution in [-0.4, -0.2) is 154 Å². The van der Waals surface area contributed by atoms with Crippen molar-refractivity contribution in [2.24, 2.45) is 39.6 Å². The molecule has 9 rings (SSSR count). The number of piperidine rings is 1. The van der Waals surface area contributed by atoms with E-state index in [-0.39, 0.29) is 67.3 Å². The maximum atomic E-state index is 14.9. The number of nitrogens with one attached hydrogen (secondary N) is 1. The zero-order valence-electron chi connectivity index (χ0n) is 43.4. The smallest absolute Gasteiger partial charge is 0.315 e. The van der Waals surface area contributed by atoms with Crippen molar-refractivity contribution in [3.05, 3.63) is 58.0 Å². The van der Waals surface area contributed by atoms with E-state index in [1.165, 1.54) is 26.4 Å². The molecule has 0 aliphatic carbocycles. The molecule has 72 heavy (non-hydrogen) atoms. The van der Waals surface area contributed by atoms with Gasteiger partial charge >= 0.3 is 11.8 Å². The lowest BCUT2D eigenvalue weighted by Crippen LogP contribution is -2.52. The van der Waals surface area contributed by atoms with Crippen LogP contribution in [-0.2, 0) is 28.6 Å². The van der Waals surface area contributed by atoms with Gasteiger partial charge in [-0.2, -0.15) is 0 Å². The summed E-state index contributed by atoms with van der Waals surface area (Å²) < 4.78 is 24.7. The molecule has 0 radical (unpaired) electrons. The van der Waals surface area contributed by atoms with Gasteiger partial charge in [-0.25, -0.2) is 0 Å². The summed E-state index contributed by atoms with van der Waals surface area (Å²) >= 11 is 0. The number of rotatable bonds is 6. The maximum absolute atomic E-state index is 14.9. The number of anilines is 1. The number of hydrogen-bond donors (Lipinski definition) is 5. The van der Waals surface area contributed by atoms with Gasteiger partial charge in [-0.05, 0) is 45.2 Å². The van der Waals surface area contributed by atoms with E-state index in [1.54, 1.807) is 64.7 Å². The second kappa shape index (κ2) is 20.8. The molecular weight excluding hydrogens is 925 g/mol. The number of methoxy groups -OCH3 is 1. The molecule has 10 atom stereocenters. The first-order valence-electron chi connectivity index (χ1n) is 25.7. The summed E-state index contributed by atoms with van der Waals surface area (Å²) in [6.45, 7) is 20.9. The molecule has 2 amide bonds. The average molecular weight is 999 g/mol. The van der Waals surface area contributed by atoms with Crippen LogP contribution in [0.3, 0.4) is 0 Å². The van der Waals surface area contributed by atoms with E-state index >= 15 is 0 Å². The van der Waals surface area contributed by atoms with Crippen LogP contribution in [0.25, 0.3) is 10.8 Å². The van der Waals surface area contributed by atoms with Gasteiger partial charge in [-0.15, -0.1) is 0 Å². The minimum absolute atomic E-state index is 0.0149. The highest BCUT2D eigenvalue weighted by molar-refractivity contribution is 6.19. The van der Waals surface area contributed by atoms with Gasteiger partial charge in [-0.3, -0.25) is 34.1 Å². The third-order valence-corrected chi connectivity index (χ3v) is 16.1. The van der Waals surface area contributed by atoms with E-state index in [0.717, 1.165) is 32.5 Å². The Morgan fingerprint density at radius 3 is 2.32 bits per heavy atom. The van der Waals surface area contributed by atoms with Crippen molar-refractivity contribution in [2.75, 3.05) is 58.2 Å². The number of nitrogens with zero attached hydrogens (tertiary/aromatic N) is 5. The fourth-order valence-corrected chi connectivity index (χ4v) is 11.7. The number of aliphatic hydroxyl groups excluding tert-OH is 2. The van der Waals surface area contributed by atoms with Crippen molar-refractivity contribution in [1.82, 2.24) is 14.7 Å². The molecule has 0 saturated carbocycles. The summed E-state index contributed by atoms with van der Waals surface area (Å²) in [5.41, 5.74) is -0.669. The molecule has 3 fully saturated rings. The molecule has 18 nitrogen and oxygen atoms in total. The SMILES string of the molecule is CO[C@H]1/C=C/O[C@@]2(C)Oc3c(C)c(O)c4c(O)c(c5c(c4c3C2=O)=NC2(CCN(CC(C)C)CC2)N=5)NC(=O)/C(C)=C\C=C\[C@H](C)[C@H](O)[C@@H](C)[C@@H](O)[C@@H](C)[C@H](OC(=O)CC(=O)N2CCN3CCCC3C2)[C@@H]1C. The zero-order valence-corrected chi connectivity index (χ0v) is 43.4. The van der Waals surface area contributed by atoms with Crippen molar-refractivity contribution in [1.29, 1.82) is 0 Å². The third-order valence-electron chi connectivity index (χ3n) is 16.1.